The summed E-state index contributed by atoms with van der Waals surface area (Å²) < 4.78 is 45.4. The van der Waals surface area contributed by atoms with Crippen molar-refractivity contribution in [3.05, 3.63) is 41.0 Å². The number of halogens is 3. The molecule has 2 N–H and O–H groups in total. The van der Waals surface area contributed by atoms with Crippen LogP contribution >= 0.6 is 0 Å². The van der Waals surface area contributed by atoms with E-state index < -0.39 is 23.6 Å². The normalized spacial score (nSPS) is 21.9. The first kappa shape index (κ1) is 27.9. The van der Waals surface area contributed by atoms with Crippen molar-refractivity contribution in [3.8, 4) is 0 Å². The first-order chi connectivity index (χ1) is 17.9. The lowest BCUT2D eigenvalue weighted by molar-refractivity contribution is -0.137. The average molecular weight is 537 g/mol. The summed E-state index contributed by atoms with van der Waals surface area (Å²) in [6.45, 7) is 6.95. The molecule has 0 radical (unpaired) electrons. The van der Waals surface area contributed by atoms with Gasteiger partial charge in [0.2, 0.25) is 11.8 Å². The van der Waals surface area contributed by atoms with Crippen molar-refractivity contribution >= 4 is 17.5 Å². The van der Waals surface area contributed by atoms with Gasteiger partial charge in [-0.05, 0) is 71.7 Å². The van der Waals surface area contributed by atoms with E-state index in [9.17, 15) is 22.8 Å². The van der Waals surface area contributed by atoms with Crippen LogP contribution < -0.4 is 15.5 Å². The highest BCUT2D eigenvalue weighted by atomic mass is 19.4. The van der Waals surface area contributed by atoms with Gasteiger partial charge >= 0.3 is 6.18 Å². The second-order valence-corrected chi connectivity index (χ2v) is 10.4. The van der Waals surface area contributed by atoms with Gasteiger partial charge in [-0.15, -0.1) is 0 Å². The van der Waals surface area contributed by atoms with E-state index in [0.29, 0.717) is 43.0 Å². The standard InChI is InChI=1S/C26H35F3N6O3/c1-15(2)34(4)18-7-8-21(19(13-18)25-31-16(3)33-38-25)32-23(36)14-30-24(37)20-12-17(26(27,28)29)6-9-22(20)35-10-5-11-35/h6,9,12,15,18-19,21H,5,7-8,10-11,13-14H2,1-4H3,(H,30,37)(H,32,36)/t18-,19-,21+/m1/s1. The molecule has 2 fully saturated rings. The van der Waals surface area contributed by atoms with Crippen molar-refractivity contribution in [3.63, 3.8) is 0 Å². The van der Waals surface area contributed by atoms with Crippen LogP contribution in [0.3, 0.4) is 0 Å². The molecule has 208 valence electrons. The van der Waals surface area contributed by atoms with Crippen LogP contribution in [0.1, 0.15) is 73.1 Å². The van der Waals surface area contributed by atoms with Crippen molar-refractivity contribution in [2.75, 3.05) is 31.6 Å². The highest BCUT2D eigenvalue weighted by molar-refractivity contribution is 6.01. The number of aryl methyl sites for hydroxylation is 1. The molecular formula is C26H35F3N6O3. The molecule has 1 saturated heterocycles. The fourth-order valence-electron chi connectivity index (χ4n) is 5.09. The van der Waals surface area contributed by atoms with Gasteiger partial charge in [-0.1, -0.05) is 5.16 Å². The quantitative estimate of drug-likeness (QED) is 0.532. The van der Waals surface area contributed by atoms with Gasteiger partial charge in [-0.25, -0.2) is 0 Å². The zero-order valence-electron chi connectivity index (χ0n) is 22.1. The van der Waals surface area contributed by atoms with Crippen molar-refractivity contribution < 1.29 is 27.3 Å². The molecule has 1 saturated carbocycles. The first-order valence-electron chi connectivity index (χ1n) is 13.0. The van der Waals surface area contributed by atoms with Crippen molar-refractivity contribution in [1.82, 2.24) is 25.7 Å². The lowest BCUT2D eigenvalue weighted by atomic mass is 9.80. The van der Waals surface area contributed by atoms with Crippen LogP contribution in [0.5, 0.6) is 0 Å². The molecule has 1 aliphatic heterocycles. The Kier molecular flexibility index (Phi) is 8.29. The van der Waals surface area contributed by atoms with E-state index in [0.717, 1.165) is 31.4 Å². The predicted octanol–water partition coefficient (Wildman–Crippen LogP) is 3.50. The van der Waals surface area contributed by atoms with Crippen LogP contribution in [-0.2, 0) is 11.0 Å². The third-order valence-electron chi connectivity index (χ3n) is 7.59. The number of aromatic nitrogens is 2. The molecule has 3 atom stereocenters. The van der Waals surface area contributed by atoms with Gasteiger partial charge in [0, 0.05) is 36.9 Å². The third kappa shape index (κ3) is 6.28. The van der Waals surface area contributed by atoms with Gasteiger partial charge in [0.25, 0.3) is 5.91 Å². The molecule has 0 unspecified atom stereocenters. The predicted molar refractivity (Wildman–Crippen MR) is 135 cm³/mol. The van der Waals surface area contributed by atoms with Gasteiger partial charge < -0.3 is 25.0 Å². The summed E-state index contributed by atoms with van der Waals surface area (Å²) in [5, 5.41) is 9.39. The number of carbonyl (C=O) groups is 2. The molecule has 38 heavy (non-hydrogen) atoms. The summed E-state index contributed by atoms with van der Waals surface area (Å²) in [5.41, 5.74) is -0.567. The van der Waals surface area contributed by atoms with Gasteiger partial charge in [0.15, 0.2) is 5.82 Å². The van der Waals surface area contributed by atoms with E-state index in [1.165, 1.54) is 6.07 Å². The molecule has 9 nitrogen and oxygen atoms in total. The van der Waals surface area contributed by atoms with Crippen LogP contribution in [0.25, 0.3) is 0 Å². The van der Waals surface area contributed by atoms with E-state index in [1.807, 2.05) is 4.90 Å². The van der Waals surface area contributed by atoms with Crippen LogP contribution in [0.4, 0.5) is 18.9 Å². The average Bonchev–Trinajstić information content (AvgIpc) is 3.26. The van der Waals surface area contributed by atoms with Gasteiger partial charge in [0.1, 0.15) is 0 Å². The number of benzene rings is 1. The van der Waals surface area contributed by atoms with E-state index in [-0.39, 0.29) is 30.1 Å². The highest BCUT2D eigenvalue weighted by Gasteiger charge is 2.38. The van der Waals surface area contributed by atoms with Crippen molar-refractivity contribution in [2.45, 2.75) is 76.7 Å². The van der Waals surface area contributed by atoms with E-state index in [2.05, 4.69) is 46.6 Å². The minimum atomic E-state index is -4.58. The Bertz CT molecular complexity index is 1150. The smallest absolute Gasteiger partial charge is 0.371 e. The number of rotatable bonds is 8. The summed E-state index contributed by atoms with van der Waals surface area (Å²) in [7, 11) is 2.07. The maximum Gasteiger partial charge on any atom is 0.416 e. The molecule has 1 aromatic heterocycles. The maximum absolute atomic E-state index is 13.3. The van der Waals surface area contributed by atoms with E-state index in [4.69, 9.17) is 4.52 Å². The van der Waals surface area contributed by atoms with E-state index >= 15 is 0 Å². The van der Waals surface area contributed by atoms with Crippen molar-refractivity contribution in [1.29, 1.82) is 0 Å². The van der Waals surface area contributed by atoms with Gasteiger partial charge in [0.05, 0.1) is 23.6 Å². The minimum absolute atomic E-state index is 0.0937. The summed E-state index contributed by atoms with van der Waals surface area (Å²) in [6.07, 6.45) is -1.42. The summed E-state index contributed by atoms with van der Waals surface area (Å²) >= 11 is 0. The summed E-state index contributed by atoms with van der Waals surface area (Å²) in [5.74, 6) is -0.382. The van der Waals surface area contributed by atoms with Crippen LogP contribution in [-0.4, -0.2) is 71.7 Å². The molecule has 1 aromatic carbocycles. The Balaban J connectivity index is 1.43. The fraction of sp³-hybridized carbons (Fsp3) is 0.615. The molecule has 2 amide bonds. The number of anilines is 1. The number of carbonyl (C=O) groups excluding carboxylic acids is 2. The lowest BCUT2D eigenvalue weighted by Crippen LogP contribution is -2.50. The molecule has 1 aliphatic carbocycles. The SMILES string of the molecule is Cc1noc([C@@H]2C[C@H](N(C)C(C)C)CC[C@@H]2NC(=O)CNC(=O)c2cc(C(F)(F)F)ccc2N2CCC2)n1. The molecule has 2 aromatic rings. The Hall–Kier alpha value is -3.15. The molecule has 12 heteroatoms. The number of amides is 2. The van der Waals surface area contributed by atoms with Crippen molar-refractivity contribution in [2.24, 2.45) is 0 Å². The van der Waals surface area contributed by atoms with Crippen LogP contribution in [0.2, 0.25) is 0 Å². The Morgan fingerprint density at radius 2 is 1.97 bits per heavy atom. The topological polar surface area (TPSA) is 104 Å². The molecule has 0 bridgehead atoms. The first-order valence-corrected chi connectivity index (χ1v) is 13.0. The largest absolute Gasteiger partial charge is 0.416 e. The number of hydrogen-bond acceptors (Lipinski definition) is 7. The molecule has 2 heterocycles. The zero-order chi connectivity index (χ0) is 27.6. The second kappa shape index (κ2) is 11.3. The van der Waals surface area contributed by atoms with Crippen LogP contribution in [0, 0.1) is 6.92 Å². The molecule has 2 aliphatic rings. The fourth-order valence-corrected chi connectivity index (χ4v) is 5.09. The Morgan fingerprint density at radius 3 is 2.55 bits per heavy atom. The number of nitrogens with one attached hydrogen (secondary N) is 2. The zero-order valence-corrected chi connectivity index (χ0v) is 22.1. The van der Waals surface area contributed by atoms with Gasteiger partial charge in [-0.3, -0.25) is 9.59 Å². The lowest BCUT2D eigenvalue weighted by Gasteiger charge is -2.40. The molecule has 0 spiro atoms. The number of alkyl halides is 3. The number of hydrogen-bond donors (Lipinski definition) is 2. The Morgan fingerprint density at radius 1 is 1.24 bits per heavy atom. The highest BCUT2D eigenvalue weighted by Crippen LogP contribution is 2.36. The monoisotopic (exact) mass is 536 g/mol. The molecular weight excluding hydrogens is 501 g/mol. The second-order valence-electron chi connectivity index (χ2n) is 10.4. The Labute approximate surface area is 220 Å². The minimum Gasteiger partial charge on any atom is -0.371 e. The number of nitrogens with zero attached hydrogens (tertiary/aromatic N) is 4. The molecule has 4 rings (SSSR count). The third-order valence-corrected chi connectivity index (χ3v) is 7.59. The van der Waals surface area contributed by atoms with E-state index in [1.54, 1.807) is 6.92 Å². The summed E-state index contributed by atoms with van der Waals surface area (Å²) in [4.78, 5) is 34.3. The summed E-state index contributed by atoms with van der Waals surface area (Å²) in [6, 6.07) is 3.50. The van der Waals surface area contributed by atoms with Gasteiger partial charge in [-0.2, -0.15) is 18.2 Å². The van der Waals surface area contributed by atoms with Crippen LogP contribution in [0.15, 0.2) is 22.7 Å². The maximum atomic E-state index is 13.3.